The number of anilines is 2. The van der Waals surface area contributed by atoms with Crippen molar-refractivity contribution in [3.63, 3.8) is 0 Å². The van der Waals surface area contributed by atoms with Crippen LogP contribution in [0.1, 0.15) is 48.8 Å². The lowest BCUT2D eigenvalue weighted by Crippen LogP contribution is -2.44. The van der Waals surface area contributed by atoms with Gasteiger partial charge in [0.15, 0.2) is 0 Å². The molecule has 17 heteroatoms. The number of carbonyl (C=O) groups excluding carboxylic acids is 2. The molecule has 0 saturated carbocycles. The maximum Gasteiger partial charge on any atom is 0.416 e. The summed E-state index contributed by atoms with van der Waals surface area (Å²) in [6.45, 7) is 3.05. The lowest BCUT2D eigenvalue weighted by molar-refractivity contribution is -0.138. The lowest BCUT2D eigenvalue weighted by Gasteiger charge is -2.26. The second-order valence-corrected chi connectivity index (χ2v) is 16.5. The van der Waals surface area contributed by atoms with E-state index in [0.717, 1.165) is 65.6 Å². The summed E-state index contributed by atoms with van der Waals surface area (Å²) in [6, 6.07) is 23.9. The molecule has 0 spiro atoms. The van der Waals surface area contributed by atoms with E-state index in [4.69, 9.17) is 36.3 Å². The largest absolute Gasteiger partial charge is 0.493 e. The Morgan fingerprint density at radius 1 is 0.742 bits per heavy atom. The van der Waals surface area contributed by atoms with Crippen LogP contribution in [-0.4, -0.2) is 77.4 Å². The van der Waals surface area contributed by atoms with E-state index in [2.05, 4.69) is 30.6 Å². The van der Waals surface area contributed by atoms with E-state index in [1.54, 1.807) is 43.2 Å². The van der Waals surface area contributed by atoms with Crippen molar-refractivity contribution < 1.29 is 41.7 Å². The number of imidazole rings is 2. The summed E-state index contributed by atoms with van der Waals surface area (Å²) in [4.78, 5) is 39.0. The van der Waals surface area contributed by atoms with Crippen LogP contribution in [0.3, 0.4) is 0 Å². The Morgan fingerprint density at radius 3 is 1.82 bits per heavy atom. The molecule has 8 rings (SSSR count). The minimum Gasteiger partial charge on any atom is -0.493 e. The van der Waals surface area contributed by atoms with Crippen molar-refractivity contribution in [2.75, 3.05) is 50.3 Å². The van der Waals surface area contributed by atoms with Crippen molar-refractivity contribution >= 4 is 34.8 Å². The molecule has 2 amide bonds. The number of aromatic amines is 2. The van der Waals surface area contributed by atoms with E-state index in [1.165, 1.54) is 12.1 Å². The minimum atomic E-state index is -4.55. The summed E-state index contributed by atoms with van der Waals surface area (Å²) >= 11 is 6.47. The van der Waals surface area contributed by atoms with Crippen LogP contribution >= 0.6 is 11.6 Å². The number of alkyl halides is 3. The number of amides is 2. The van der Waals surface area contributed by atoms with Gasteiger partial charge in [0, 0.05) is 73.2 Å². The number of halogens is 4. The van der Waals surface area contributed by atoms with Crippen LogP contribution in [0.15, 0.2) is 110 Å². The van der Waals surface area contributed by atoms with E-state index in [-0.39, 0.29) is 54.3 Å². The van der Waals surface area contributed by atoms with Gasteiger partial charge in [-0.05, 0) is 97.2 Å². The van der Waals surface area contributed by atoms with Crippen molar-refractivity contribution in [3.05, 3.63) is 132 Å². The van der Waals surface area contributed by atoms with Gasteiger partial charge in [-0.15, -0.1) is 0 Å². The highest BCUT2D eigenvalue weighted by molar-refractivity contribution is 6.31. The van der Waals surface area contributed by atoms with Crippen molar-refractivity contribution in [1.29, 1.82) is 0 Å². The lowest BCUT2D eigenvalue weighted by atomic mass is 9.92. The predicted octanol–water partition coefficient (Wildman–Crippen LogP) is 9.52. The highest BCUT2D eigenvalue weighted by atomic mass is 35.5. The van der Waals surface area contributed by atoms with Gasteiger partial charge >= 0.3 is 6.18 Å². The molecule has 6 N–H and O–H groups in total. The number of hydrogen-bond donors (Lipinski definition) is 5. The van der Waals surface area contributed by atoms with E-state index < -0.39 is 17.8 Å². The number of aromatic nitrogens is 4. The normalized spacial score (nSPS) is 15.0. The van der Waals surface area contributed by atoms with Gasteiger partial charge in [0.05, 0.1) is 61.3 Å². The summed E-state index contributed by atoms with van der Waals surface area (Å²) in [6.07, 6.45) is 6.19. The molecule has 2 saturated heterocycles. The number of H-pyrrole nitrogens is 2. The first-order valence-corrected chi connectivity index (χ1v) is 22.3. The Kier molecular flexibility index (Phi) is 16.9. The van der Waals surface area contributed by atoms with Crippen molar-refractivity contribution in [2.45, 2.75) is 57.2 Å². The fourth-order valence-electron chi connectivity index (χ4n) is 7.88. The van der Waals surface area contributed by atoms with E-state index in [9.17, 15) is 22.8 Å². The smallest absolute Gasteiger partial charge is 0.416 e. The Bertz CT molecular complexity index is 2480. The molecule has 348 valence electrons. The zero-order chi connectivity index (χ0) is 46.3. The van der Waals surface area contributed by atoms with Crippen LogP contribution in [0.2, 0.25) is 5.02 Å². The molecule has 0 aliphatic carbocycles. The fraction of sp³-hybridized carbons (Fsp3) is 0.347. The third-order valence-corrected chi connectivity index (χ3v) is 11.9. The summed E-state index contributed by atoms with van der Waals surface area (Å²) in [5.41, 5.74) is 10.6. The first-order chi connectivity index (χ1) is 32.0. The monoisotopic (exact) mass is 927 g/mol. The molecular weight excluding hydrogens is 875 g/mol. The Balaban J connectivity index is 0.000000197. The molecule has 2 aliphatic rings. The van der Waals surface area contributed by atoms with Crippen LogP contribution in [0.25, 0.3) is 22.5 Å². The molecular formula is C49H53ClF3N7O6. The van der Waals surface area contributed by atoms with E-state index >= 15 is 0 Å². The van der Waals surface area contributed by atoms with Gasteiger partial charge in [0.1, 0.15) is 11.5 Å². The summed E-state index contributed by atoms with van der Waals surface area (Å²) < 4.78 is 63.7. The molecule has 4 aromatic carbocycles. The SMILES string of the molecule is NC(C(=O)Nc1ccc(CCOc2ccccc2-c2cnc[nH]2)c(Cl)c1)C1CCOCC1.O=C(CC1CCOCC1)Nc1ccc(CCOc2ccccc2-c2cnc[nH]2)c(C(F)(F)F)c1. The number of para-hydroxylation sites is 2. The standard InChI is InChI=1S/C25H26F3N3O3.C24H27ClN4O3/c26-25(27,28)21-14-19(31-24(32)13-17-7-10-33-11-8-17)6-5-18(21)9-12-34-23-4-2-1-3-20(23)22-15-29-16-30-22;25-20-13-18(29-24(30)23(26)17-7-10-31-11-8-17)6-5-16(20)9-12-32-22-4-2-1-3-19(22)21-14-27-15-28-21/h1-6,14-17H,7-13H2,(H,29,30)(H,31,32);1-6,13-15,17,23H,7-12,26H2,(H,27,28)(H,29,30). The first kappa shape index (κ1) is 47.8. The second kappa shape index (κ2) is 23.3. The average molecular weight is 928 g/mol. The van der Waals surface area contributed by atoms with Crippen molar-refractivity contribution in [3.8, 4) is 34.0 Å². The minimum absolute atomic E-state index is 0.0580. The summed E-state index contributed by atoms with van der Waals surface area (Å²) in [5.74, 6) is 1.18. The number of nitrogens with one attached hydrogen (secondary N) is 4. The molecule has 0 radical (unpaired) electrons. The topological polar surface area (TPSA) is 178 Å². The number of rotatable bonds is 16. The molecule has 1 atom stereocenters. The number of carbonyl (C=O) groups is 2. The first-order valence-electron chi connectivity index (χ1n) is 21.9. The van der Waals surface area contributed by atoms with Crippen LogP contribution in [0.4, 0.5) is 24.5 Å². The summed E-state index contributed by atoms with van der Waals surface area (Å²) in [7, 11) is 0. The van der Waals surface area contributed by atoms with Crippen LogP contribution in [-0.2, 0) is 38.1 Å². The summed E-state index contributed by atoms with van der Waals surface area (Å²) in [5, 5.41) is 6.07. The van der Waals surface area contributed by atoms with Gasteiger partial charge in [-0.1, -0.05) is 48.0 Å². The van der Waals surface area contributed by atoms with Crippen LogP contribution < -0.4 is 25.8 Å². The highest BCUT2D eigenvalue weighted by Gasteiger charge is 2.34. The quantitative estimate of drug-likeness (QED) is 0.0632. The van der Waals surface area contributed by atoms with Crippen LogP contribution in [0, 0.1) is 11.8 Å². The molecule has 2 aromatic heterocycles. The van der Waals surface area contributed by atoms with Gasteiger partial charge in [0.2, 0.25) is 11.8 Å². The van der Waals surface area contributed by atoms with Gasteiger partial charge in [-0.25, -0.2) is 9.97 Å². The van der Waals surface area contributed by atoms with Gasteiger partial charge in [0.25, 0.3) is 0 Å². The van der Waals surface area contributed by atoms with E-state index in [0.29, 0.717) is 55.9 Å². The van der Waals surface area contributed by atoms with E-state index in [1.807, 2.05) is 48.5 Å². The maximum atomic E-state index is 13.8. The van der Waals surface area contributed by atoms with Crippen LogP contribution in [0.5, 0.6) is 11.5 Å². The highest BCUT2D eigenvalue weighted by Crippen LogP contribution is 2.35. The fourth-order valence-corrected chi connectivity index (χ4v) is 8.16. The Hall–Kier alpha value is -6.20. The third kappa shape index (κ3) is 13.4. The molecule has 66 heavy (non-hydrogen) atoms. The zero-order valence-corrected chi connectivity index (χ0v) is 37.0. The molecule has 2 fully saturated rings. The van der Waals surface area contributed by atoms with Gasteiger partial charge in [-0.3, -0.25) is 9.59 Å². The molecule has 6 aromatic rings. The maximum absolute atomic E-state index is 13.8. The molecule has 0 bridgehead atoms. The molecule has 1 unspecified atom stereocenters. The van der Waals surface area contributed by atoms with Crippen molar-refractivity contribution in [2.24, 2.45) is 17.6 Å². The number of nitrogens with zero attached hydrogens (tertiary/aromatic N) is 2. The van der Waals surface area contributed by atoms with Crippen molar-refractivity contribution in [1.82, 2.24) is 19.9 Å². The molecule has 2 aliphatic heterocycles. The average Bonchev–Trinajstić information content (AvgIpc) is 4.07. The Labute approximate surface area is 386 Å². The molecule has 13 nitrogen and oxygen atoms in total. The zero-order valence-electron chi connectivity index (χ0n) is 36.2. The second-order valence-electron chi connectivity index (χ2n) is 16.1. The van der Waals surface area contributed by atoms with Gasteiger partial charge in [-0.2, -0.15) is 13.2 Å². The number of hydrogen-bond acceptors (Lipinski definition) is 9. The number of benzene rings is 4. The number of nitrogens with two attached hydrogens (primary N) is 1. The number of ether oxygens (including phenoxy) is 4. The Morgan fingerprint density at radius 2 is 1.27 bits per heavy atom. The van der Waals surface area contributed by atoms with Gasteiger partial charge < -0.3 is 45.3 Å². The predicted molar refractivity (Wildman–Crippen MR) is 246 cm³/mol. The third-order valence-electron chi connectivity index (χ3n) is 11.5. The molecule has 4 heterocycles.